The molecule has 0 aliphatic rings. The quantitative estimate of drug-likeness (QED) is 0.431. The molecule has 16 heteroatoms. The number of anilines is 1. The molecule has 0 fully saturated rings. The van der Waals surface area contributed by atoms with Crippen LogP contribution in [0.4, 0.5) is 45.2 Å². The maximum atomic E-state index is 13.1. The van der Waals surface area contributed by atoms with Crippen molar-refractivity contribution in [2.24, 2.45) is 0 Å². The van der Waals surface area contributed by atoms with Gasteiger partial charge in [-0.15, -0.1) is 0 Å². The van der Waals surface area contributed by atoms with Crippen LogP contribution in [-0.2, 0) is 20.4 Å². The van der Waals surface area contributed by atoms with E-state index in [1.54, 1.807) is 0 Å². The third-order valence-corrected chi connectivity index (χ3v) is 6.37. The van der Waals surface area contributed by atoms with Crippen LogP contribution in [0.1, 0.15) is 15.9 Å². The van der Waals surface area contributed by atoms with Crippen LogP contribution in [0.25, 0.3) is 0 Å². The number of sulfonamides is 1. The third kappa shape index (κ3) is 5.63. The Kier molecular flexibility index (Phi) is 7.43. The first-order valence-electron chi connectivity index (χ1n) is 9.00. The van der Waals surface area contributed by atoms with E-state index in [4.69, 9.17) is 0 Å². The average molecular weight is 539 g/mol. The van der Waals surface area contributed by atoms with Crippen molar-refractivity contribution < 1.29 is 62.6 Å². The highest BCUT2D eigenvalue weighted by Gasteiger charge is 2.71. The molecule has 0 spiro atoms. The molecule has 0 amide bonds. The highest BCUT2D eigenvalue weighted by Crippen LogP contribution is 2.50. The standard InChI is InChI=1S/C19H14F9NO5S/c1-34-15(30)11-2-8-14(9-3-11)35(32,33)29(10-16(20,21)22)13-6-4-12(5-7-13)17(31,18(23,24)25)19(26,27)28/h2-9,31H,10H2,1H3. The van der Waals surface area contributed by atoms with Crippen LogP contribution < -0.4 is 4.31 Å². The Labute approximate surface area is 191 Å². The molecule has 0 unspecified atom stereocenters. The van der Waals surface area contributed by atoms with Gasteiger partial charge in [0.05, 0.1) is 23.3 Å². The van der Waals surface area contributed by atoms with Crippen LogP contribution in [0.3, 0.4) is 0 Å². The van der Waals surface area contributed by atoms with E-state index in [0.717, 1.165) is 31.4 Å². The summed E-state index contributed by atoms with van der Waals surface area (Å²) in [4.78, 5) is 10.7. The number of hydrogen-bond acceptors (Lipinski definition) is 5. The van der Waals surface area contributed by atoms with Gasteiger partial charge in [-0.2, -0.15) is 39.5 Å². The van der Waals surface area contributed by atoms with E-state index in [0.29, 0.717) is 0 Å². The lowest BCUT2D eigenvalue weighted by Crippen LogP contribution is -2.53. The van der Waals surface area contributed by atoms with Crippen LogP contribution in [-0.4, -0.2) is 51.7 Å². The van der Waals surface area contributed by atoms with Crippen LogP contribution >= 0.6 is 0 Å². The van der Waals surface area contributed by atoms with Crippen LogP contribution in [0.2, 0.25) is 0 Å². The first kappa shape index (κ1) is 28.2. The Morgan fingerprint density at radius 2 is 1.31 bits per heavy atom. The van der Waals surface area contributed by atoms with Gasteiger partial charge < -0.3 is 9.84 Å². The second kappa shape index (κ2) is 9.22. The van der Waals surface area contributed by atoms with E-state index in [9.17, 15) is 57.8 Å². The number of halogens is 9. The van der Waals surface area contributed by atoms with Crippen molar-refractivity contribution in [1.29, 1.82) is 0 Å². The predicted octanol–water partition coefficient (Wildman–Crippen LogP) is 4.54. The fourth-order valence-electron chi connectivity index (χ4n) is 2.84. The van der Waals surface area contributed by atoms with E-state index in [1.165, 1.54) is 0 Å². The Hall–Kier alpha value is -3.01. The number of hydrogen-bond donors (Lipinski definition) is 1. The fraction of sp³-hybridized carbons (Fsp3) is 0.316. The van der Waals surface area contributed by atoms with Gasteiger partial charge in [0, 0.05) is 5.56 Å². The van der Waals surface area contributed by atoms with Crippen LogP contribution in [0.15, 0.2) is 53.4 Å². The van der Waals surface area contributed by atoms with E-state index in [2.05, 4.69) is 4.74 Å². The number of carbonyl (C=O) groups excluding carboxylic acids is 1. The molecule has 0 aliphatic carbocycles. The van der Waals surface area contributed by atoms with Crippen molar-refractivity contribution in [3.05, 3.63) is 59.7 Å². The normalized spacial score (nSPS) is 13.5. The summed E-state index contributed by atoms with van der Waals surface area (Å²) in [6, 6.07) is 3.87. The second-order valence-corrected chi connectivity index (χ2v) is 8.76. The molecule has 0 aliphatic heterocycles. The zero-order valence-electron chi connectivity index (χ0n) is 17.2. The van der Waals surface area contributed by atoms with E-state index in [1.807, 2.05) is 0 Å². The number of carbonyl (C=O) groups is 1. The largest absolute Gasteiger partial charge is 0.465 e. The Morgan fingerprint density at radius 1 is 0.857 bits per heavy atom. The smallest absolute Gasteiger partial charge is 0.430 e. The lowest BCUT2D eigenvalue weighted by atomic mass is 9.92. The van der Waals surface area contributed by atoms with Gasteiger partial charge in [0.1, 0.15) is 6.54 Å². The molecule has 0 aromatic heterocycles. The summed E-state index contributed by atoms with van der Waals surface area (Å²) >= 11 is 0. The third-order valence-electron chi connectivity index (χ3n) is 4.58. The molecule has 0 atom stereocenters. The molecular weight excluding hydrogens is 525 g/mol. The van der Waals surface area contributed by atoms with Crippen molar-refractivity contribution in [2.45, 2.75) is 29.0 Å². The molecule has 1 N–H and O–H groups in total. The van der Waals surface area contributed by atoms with Crippen molar-refractivity contribution in [3.8, 4) is 0 Å². The molecular formula is C19H14F9NO5S. The summed E-state index contributed by atoms with van der Waals surface area (Å²) in [5.41, 5.74) is -8.27. The zero-order chi connectivity index (χ0) is 27.0. The van der Waals surface area contributed by atoms with Crippen molar-refractivity contribution >= 4 is 21.7 Å². The van der Waals surface area contributed by atoms with Crippen molar-refractivity contribution in [1.82, 2.24) is 0 Å². The molecule has 2 rings (SSSR count). The Balaban J connectivity index is 2.60. The molecule has 0 radical (unpaired) electrons. The minimum atomic E-state index is -6.26. The zero-order valence-corrected chi connectivity index (χ0v) is 18.0. The Bertz CT molecular complexity index is 1140. The molecule has 0 heterocycles. The van der Waals surface area contributed by atoms with Gasteiger partial charge in [0.15, 0.2) is 0 Å². The number of methoxy groups -OCH3 is 1. The first-order valence-corrected chi connectivity index (χ1v) is 10.4. The van der Waals surface area contributed by atoms with Gasteiger partial charge >= 0.3 is 24.5 Å². The molecule has 0 bridgehead atoms. The number of rotatable bonds is 6. The maximum absolute atomic E-state index is 13.1. The number of nitrogens with zero attached hydrogens (tertiary/aromatic N) is 1. The summed E-state index contributed by atoms with van der Waals surface area (Å²) in [6.07, 6.45) is -17.7. The maximum Gasteiger partial charge on any atom is 0.430 e. The van der Waals surface area contributed by atoms with Gasteiger partial charge in [-0.1, -0.05) is 12.1 Å². The van der Waals surface area contributed by atoms with E-state index in [-0.39, 0.29) is 34.1 Å². The fourth-order valence-corrected chi connectivity index (χ4v) is 4.29. The predicted molar refractivity (Wildman–Crippen MR) is 101 cm³/mol. The number of aliphatic hydroxyl groups is 1. The van der Waals surface area contributed by atoms with Gasteiger partial charge in [-0.3, -0.25) is 4.31 Å². The van der Waals surface area contributed by atoms with E-state index >= 15 is 0 Å². The summed E-state index contributed by atoms with van der Waals surface area (Å²) in [7, 11) is -4.07. The van der Waals surface area contributed by atoms with Crippen LogP contribution in [0, 0.1) is 0 Å². The molecule has 2 aromatic carbocycles. The summed E-state index contributed by atoms with van der Waals surface area (Å²) in [5, 5.41) is 9.40. The highest BCUT2D eigenvalue weighted by atomic mass is 32.2. The minimum Gasteiger partial charge on any atom is -0.465 e. The topological polar surface area (TPSA) is 83.9 Å². The summed E-state index contributed by atoms with van der Waals surface area (Å²) in [5.74, 6) is -0.890. The number of benzene rings is 2. The molecule has 2 aromatic rings. The number of ether oxygens (including phenoxy) is 1. The minimum absolute atomic E-state index is 0.00948. The van der Waals surface area contributed by atoms with Crippen LogP contribution in [0.5, 0.6) is 0 Å². The summed E-state index contributed by atoms with van der Waals surface area (Å²) < 4.78 is 147. The second-order valence-electron chi connectivity index (χ2n) is 6.90. The lowest BCUT2D eigenvalue weighted by Gasteiger charge is -2.33. The highest BCUT2D eigenvalue weighted by molar-refractivity contribution is 7.92. The molecule has 0 saturated heterocycles. The molecule has 0 saturated carbocycles. The average Bonchev–Trinajstić information content (AvgIpc) is 2.74. The van der Waals surface area contributed by atoms with E-state index < -0.39 is 62.8 Å². The van der Waals surface area contributed by atoms with Crippen molar-refractivity contribution in [3.63, 3.8) is 0 Å². The first-order chi connectivity index (χ1) is 15.8. The van der Waals surface area contributed by atoms with Gasteiger partial charge in [-0.25, -0.2) is 13.2 Å². The number of alkyl halides is 9. The monoisotopic (exact) mass is 539 g/mol. The molecule has 35 heavy (non-hydrogen) atoms. The molecule has 6 nitrogen and oxygen atoms in total. The lowest BCUT2D eigenvalue weighted by molar-refractivity contribution is -0.376. The Morgan fingerprint density at radius 3 is 1.69 bits per heavy atom. The number of esters is 1. The molecule has 194 valence electrons. The SMILES string of the molecule is COC(=O)c1ccc(S(=O)(=O)N(CC(F)(F)F)c2ccc(C(O)(C(F)(F)F)C(F)(F)F)cc2)cc1. The van der Waals surface area contributed by atoms with Gasteiger partial charge in [0.25, 0.3) is 15.6 Å². The van der Waals surface area contributed by atoms with Gasteiger partial charge in [-0.05, 0) is 36.4 Å². The van der Waals surface area contributed by atoms with Gasteiger partial charge in [0.2, 0.25) is 0 Å². The summed E-state index contributed by atoms with van der Waals surface area (Å²) in [6.45, 7) is -2.20. The van der Waals surface area contributed by atoms with Crippen molar-refractivity contribution in [2.75, 3.05) is 18.0 Å².